The lowest BCUT2D eigenvalue weighted by molar-refractivity contribution is -0.203. The molecule has 1 aliphatic carbocycles. The minimum atomic E-state index is -5.09. The largest absolute Gasteiger partial charge is 0.490 e. The summed E-state index contributed by atoms with van der Waals surface area (Å²) < 4.78 is 41.5. The summed E-state index contributed by atoms with van der Waals surface area (Å²) in [5, 5.41) is 0.185. The Morgan fingerprint density at radius 2 is 1.95 bits per heavy atom. The number of ether oxygens (including phenoxy) is 1. The zero-order valence-electron chi connectivity index (χ0n) is 12.1. The molecule has 0 aromatic heterocycles. The molecule has 0 saturated carbocycles. The maximum absolute atomic E-state index is 12.3. The molecule has 120 valence electrons. The molecule has 0 N–H and O–H groups in total. The molecule has 1 unspecified atom stereocenters. The highest BCUT2D eigenvalue weighted by Crippen LogP contribution is 2.40. The Morgan fingerprint density at radius 1 is 1.38 bits per heavy atom. The van der Waals surface area contributed by atoms with E-state index >= 15 is 0 Å². The predicted molar refractivity (Wildman–Crippen MR) is 71.7 cm³/mol. The van der Waals surface area contributed by atoms with E-state index in [2.05, 4.69) is 4.74 Å². The lowest BCUT2D eigenvalue weighted by Crippen LogP contribution is -2.36. The van der Waals surface area contributed by atoms with Gasteiger partial charge in [0.15, 0.2) is 5.78 Å². The lowest BCUT2D eigenvalue weighted by atomic mass is 9.76. The Labute approximate surface area is 126 Å². The van der Waals surface area contributed by atoms with E-state index < -0.39 is 18.2 Å². The Bertz CT molecular complexity index is 467. The van der Waals surface area contributed by atoms with E-state index in [0.29, 0.717) is 12.8 Å². The quantitative estimate of drug-likeness (QED) is 0.729. The van der Waals surface area contributed by atoms with Crippen molar-refractivity contribution < 1.29 is 27.5 Å². The van der Waals surface area contributed by atoms with E-state index in [4.69, 9.17) is 11.6 Å². The fourth-order valence-corrected chi connectivity index (χ4v) is 2.92. The van der Waals surface area contributed by atoms with Gasteiger partial charge in [-0.1, -0.05) is 38.8 Å². The summed E-state index contributed by atoms with van der Waals surface area (Å²) >= 11 is 6.08. The number of carbonyl (C=O) groups is 2. The third-order valence-electron chi connectivity index (χ3n) is 3.22. The van der Waals surface area contributed by atoms with Crippen LogP contribution in [-0.4, -0.2) is 24.0 Å². The van der Waals surface area contributed by atoms with Crippen LogP contribution in [0.15, 0.2) is 10.6 Å². The summed E-state index contributed by atoms with van der Waals surface area (Å²) in [5.74, 6) is -2.65. The molecule has 0 fully saturated rings. The van der Waals surface area contributed by atoms with Crippen molar-refractivity contribution in [3.05, 3.63) is 10.6 Å². The standard InChI is InChI=1S/C14H18ClF3O3/c1-4-5-10(21-12(20)14(16,17)18)11-8(15)6-13(2,3)7-9(11)19/h10H,4-7H2,1-3H3. The maximum atomic E-state index is 12.3. The van der Waals surface area contributed by atoms with Crippen LogP contribution in [-0.2, 0) is 14.3 Å². The van der Waals surface area contributed by atoms with Gasteiger partial charge in [0.1, 0.15) is 6.10 Å². The van der Waals surface area contributed by atoms with E-state index in [9.17, 15) is 22.8 Å². The highest BCUT2D eigenvalue weighted by molar-refractivity contribution is 6.32. The lowest BCUT2D eigenvalue weighted by Gasteiger charge is -2.32. The monoisotopic (exact) mass is 326 g/mol. The summed E-state index contributed by atoms with van der Waals surface area (Å²) in [4.78, 5) is 23.2. The van der Waals surface area contributed by atoms with Crippen molar-refractivity contribution in [2.75, 3.05) is 0 Å². The summed E-state index contributed by atoms with van der Waals surface area (Å²) in [6.07, 6.45) is -5.20. The van der Waals surface area contributed by atoms with Crippen LogP contribution < -0.4 is 0 Å². The van der Waals surface area contributed by atoms with Gasteiger partial charge in [-0.25, -0.2) is 4.79 Å². The van der Waals surface area contributed by atoms with E-state index in [-0.39, 0.29) is 34.6 Å². The predicted octanol–water partition coefficient (Wildman–Crippen LogP) is 4.14. The number of halogens is 4. The van der Waals surface area contributed by atoms with Crippen LogP contribution in [0.5, 0.6) is 0 Å². The second kappa shape index (κ2) is 6.38. The molecular weight excluding hydrogens is 309 g/mol. The molecule has 0 aromatic carbocycles. The first-order valence-electron chi connectivity index (χ1n) is 6.67. The Kier molecular flexibility index (Phi) is 5.47. The van der Waals surface area contributed by atoms with Gasteiger partial charge in [0.05, 0.1) is 5.57 Å². The maximum Gasteiger partial charge on any atom is 0.490 e. The second-order valence-corrected chi connectivity index (χ2v) is 6.40. The topological polar surface area (TPSA) is 43.4 Å². The van der Waals surface area contributed by atoms with Gasteiger partial charge in [-0.15, -0.1) is 0 Å². The smallest absolute Gasteiger partial charge is 0.451 e. The van der Waals surface area contributed by atoms with Gasteiger partial charge in [0.25, 0.3) is 0 Å². The Hall–Kier alpha value is -1.04. The minimum Gasteiger partial charge on any atom is -0.451 e. The van der Waals surface area contributed by atoms with Crippen LogP contribution in [0.4, 0.5) is 13.2 Å². The third-order valence-corrected chi connectivity index (χ3v) is 3.56. The zero-order chi connectivity index (χ0) is 16.4. The minimum absolute atomic E-state index is 0.00967. The molecule has 1 aliphatic rings. The number of esters is 1. The summed E-state index contributed by atoms with van der Waals surface area (Å²) in [5.41, 5.74) is -0.335. The average molecular weight is 327 g/mol. The highest BCUT2D eigenvalue weighted by Gasteiger charge is 2.44. The van der Waals surface area contributed by atoms with Gasteiger partial charge in [-0.2, -0.15) is 13.2 Å². The van der Waals surface area contributed by atoms with Crippen molar-refractivity contribution in [1.82, 2.24) is 0 Å². The van der Waals surface area contributed by atoms with Gasteiger partial charge in [0, 0.05) is 11.5 Å². The summed E-state index contributed by atoms with van der Waals surface area (Å²) in [7, 11) is 0. The molecular formula is C14H18ClF3O3. The van der Waals surface area contributed by atoms with E-state index in [1.54, 1.807) is 6.92 Å². The SMILES string of the molecule is CCCC(OC(=O)C(F)(F)F)C1=C(Cl)CC(C)(C)CC1=O. The van der Waals surface area contributed by atoms with Crippen molar-refractivity contribution in [1.29, 1.82) is 0 Å². The number of carbonyl (C=O) groups excluding carboxylic acids is 2. The van der Waals surface area contributed by atoms with Gasteiger partial charge in [-0.3, -0.25) is 4.79 Å². The molecule has 21 heavy (non-hydrogen) atoms. The van der Waals surface area contributed by atoms with E-state index in [1.165, 1.54) is 0 Å². The fourth-order valence-electron chi connectivity index (χ4n) is 2.33. The number of Topliss-reactive ketones (excluding diaryl/α,β-unsaturated/α-hetero) is 1. The van der Waals surface area contributed by atoms with Crippen molar-refractivity contribution >= 4 is 23.4 Å². The van der Waals surface area contributed by atoms with Gasteiger partial charge >= 0.3 is 12.1 Å². The molecule has 1 atom stereocenters. The first-order chi connectivity index (χ1) is 9.48. The molecule has 3 nitrogen and oxygen atoms in total. The molecule has 0 bridgehead atoms. The number of hydrogen-bond acceptors (Lipinski definition) is 3. The molecule has 0 aromatic rings. The second-order valence-electron chi connectivity index (χ2n) is 5.94. The van der Waals surface area contributed by atoms with Crippen molar-refractivity contribution in [3.8, 4) is 0 Å². The molecule has 0 amide bonds. The number of allylic oxidation sites excluding steroid dienone is 1. The number of alkyl halides is 3. The zero-order valence-corrected chi connectivity index (χ0v) is 12.9. The molecule has 0 heterocycles. The van der Waals surface area contributed by atoms with Crippen LogP contribution in [0.2, 0.25) is 0 Å². The van der Waals surface area contributed by atoms with Gasteiger partial charge in [0.2, 0.25) is 0 Å². The third kappa shape index (κ3) is 4.73. The van der Waals surface area contributed by atoms with Crippen molar-refractivity contribution in [2.45, 2.75) is 58.7 Å². The first kappa shape index (κ1) is 18.0. The van der Waals surface area contributed by atoms with Crippen LogP contribution in [0.3, 0.4) is 0 Å². The highest BCUT2D eigenvalue weighted by atomic mass is 35.5. The summed E-state index contributed by atoms with van der Waals surface area (Å²) in [6, 6.07) is 0. The molecule has 1 rings (SSSR count). The van der Waals surface area contributed by atoms with E-state index in [0.717, 1.165) is 0 Å². The molecule has 0 radical (unpaired) electrons. The van der Waals surface area contributed by atoms with Crippen LogP contribution >= 0.6 is 11.6 Å². The number of hydrogen-bond donors (Lipinski definition) is 0. The van der Waals surface area contributed by atoms with Crippen LogP contribution in [0.25, 0.3) is 0 Å². The first-order valence-corrected chi connectivity index (χ1v) is 7.05. The number of rotatable bonds is 4. The average Bonchev–Trinajstić information content (AvgIpc) is 2.24. The van der Waals surface area contributed by atoms with Crippen LogP contribution in [0.1, 0.15) is 46.5 Å². The molecule has 0 spiro atoms. The van der Waals surface area contributed by atoms with Gasteiger partial charge in [-0.05, 0) is 18.3 Å². The Balaban J connectivity index is 3.05. The van der Waals surface area contributed by atoms with Crippen LogP contribution in [0, 0.1) is 5.41 Å². The van der Waals surface area contributed by atoms with E-state index in [1.807, 2.05) is 13.8 Å². The normalized spacial score (nSPS) is 20.4. The van der Waals surface area contributed by atoms with Gasteiger partial charge < -0.3 is 4.74 Å². The van der Waals surface area contributed by atoms with Crippen molar-refractivity contribution in [2.24, 2.45) is 5.41 Å². The Morgan fingerprint density at radius 3 is 2.38 bits per heavy atom. The summed E-state index contributed by atoms with van der Waals surface area (Å²) in [6.45, 7) is 5.42. The molecule has 7 heteroatoms. The fraction of sp³-hybridized carbons (Fsp3) is 0.714. The number of ketones is 1. The van der Waals surface area contributed by atoms with Crippen molar-refractivity contribution in [3.63, 3.8) is 0 Å². The molecule has 0 saturated heterocycles. The molecule has 0 aliphatic heterocycles.